The van der Waals surface area contributed by atoms with E-state index in [-0.39, 0.29) is 5.56 Å². The average Bonchev–Trinajstić information content (AvgIpc) is 2.42. The number of hydrogen-bond acceptors (Lipinski definition) is 3. The monoisotopic (exact) mass is 278 g/mol. The van der Waals surface area contributed by atoms with Gasteiger partial charge in [0.1, 0.15) is 0 Å². The third-order valence-electron chi connectivity index (χ3n) is 3.13. The van der Waals surface area contributed by atoms with Gasteiger partial charge in [0.25, 0.3) is 5.91 Å². The van der Waals surface area contributed by atoms with Crippen LogP contribution in [0.1, 0.15) is 59.7 Å². The molecule has 20 heavy (non-hydrogen) atoms. The highest BCUT2D eigenvalue weighted by Gasteiger charge is 2.11. The van der Waals surface area contributed by atoms with Crippen LogP contribution >= 0.6 is 0 Å². The van der Waals surface area contributed by atoms with Crippen molar-refractivity contribution >= 4 is 17.6 Å². The van der Waals surface area contributed by atoms with Crippen LogP contribution in [-0.4, -0.2) is 23.5 Å². The van der Waals surface area contributed by atoms with E-state index in [0.717, 1.165) is 12.8 Å². The van der Waals surface area contributed by atoms with Crippen LogP contribution in [0.5, 0.6) is 0 Å². The molecule has 5 nitrogen and oxygen atoms in total. The number of carbonyl (C=O) groups is 2. The van der Waals surface area contributed by atoms with E-state index in [1.165, 1.54) is 37.5 Å². The van der Waals surface area contributed by atoms with Crippen molar-refractivity contribution in [2.24, 2.45) is 5.73 Å². The third-order valence-corrected chi connectivity index (χ3v) is 3.13. The van der Waals surface area contributed by atoms with Crippen LogP contribution in [0.2, 0.25) is 0 Å². The Labute approximate surface area is 119 Å². The molecule has 4 N–H and O–H groups in total. The molecule has 0 heterocycles. The molecular formula is C15H22N2O3. The molecule has 1 amide bonds. The standard InChI is InChI=1S/C15H22N2O3/c1-2-3-4-5-6-9-17-13-10-11(15(19)20)7-8-12(13)14(16)18/h7-8,10,17H,2-6,9H2,1H3,(H2,16,18)(H,19,20). The molecule has 0 aromatic heterocycles. The van der Waals surface area contributed by atoms with Gasteiger partial charge in [0, 0.05) is 12.2 Å². The molecule has 0 aliphatic carbocycles. The zero-order valence-corrected chi connectivity index (χ0v) is 11.8. The fraction of sp³-hybridized carbons (Fsp3) is 0.467. The minimum Gasteiger partial charge on any atom is -0.478 e. The Balaban J connectivity index is 2.63. The zero-order chi connectivity index (χ0) is 15.0. The van der Waals surface area contributed by atoms with Gasteiger partial charge in [-0.05, 0) is 24.6 Å². The third kappa shape index (κ3) is 4.91. The molecule has 0 fully saturated rings. The molecule has 1 rings (SSSR count). The lowest BCUT2D eigenvalue weighted by atomic mass is 10.1. The number of benzene rings is 1. The fourth-order valence-corrected chi connectivity index (χ4v) is 1.99. The van der Waals surface area contributed by atoms with Gasteiger partial charge in [-0.25, -0.2) is 4.79 Å². The summed E-state index contributed by atoms with van der Waals surface area (Å²) in [6.45, 7) is 2.86. The van der Waals surface area contributed by atoms with Crippen LogP contribution in [0.4, 0.5) is 5.69 Å². The lowest BCUT2D eigenvalue weighted by Crippen LogP contribution is -2.15. The molecule has 0 saturated heterocycles. The van der Waals surface area contributed by atoms with Gasteiger partial charge in [0.15, 0.2) is 0 Å². The van der Waals surface area contributed by atoms with Crippen molar-refractivity contribution in [1.29, 1.82) is 0 Å². The number of anilines is 1. The number of amides is 1. The summed E-state index contributed by atoms with van der Waals surface area (Å²) in [6.07, 6.45) is 5.71. The topological polar surface area (TPSA) is 92.4 Å². The molecule has 0 saturated carbocycles. The zero-order valence-electron chi connectivity index (χ0n) is 11.8. The van der Waals surface area contributed by atoms with Crippen molar-refractivity contribution < 1.29 is 14.7 Å². The molecule has 110 valence electrons. The van der Waals surface area contributed by atoms with Gasteiger partial charge in [0.05, 0.1) is 11.1 Å². The van der Waals surface area contributed by atoms with Gasteiger partial charge in [-0.3, -0.25) is 4.79 Å². The van der Waals surface area contributed by atoms with Crippen LogP contribution in [0, 0.1) is 0 Å². The van der Waals surface area contributed by atoms with Gasteiger partial charge in [-0.2, -0.15) is 0 Å². The number of aromatic carboxylic acids is 1. The van der Waals surface area contributed by atoms with Gasteiger partial charge in [0.2, 0.25) is 0 Å². The normalized spacial score (nSPS) is 10.2. The minimum atomic E-state index is -1.02. The van der Waals surface area contributed by atoms with Crippen molar-refractivity contribution in [1.82, 2.24) is 0 Å². The summed E-state index contributed by atoms with van der Waals surface area (Å²) in [5.41, 5.74) is 6.24. The molecule has 1 aromatic carbocycles. The maximum atomic E-state index is 11.3. The maximum absolute atomic E-state index is 11.3. The number of carboxylic acids is 1. The Kier molecular flexibility index (Phi) is 6.56. The smallest absolute Gasteiger partial charge is 0.335 e. The molecule has 0 spiro atoms. The van der Waals surface area contributed by atoms with Crippen LogP contribution < -0.4 is 11.1 Å². The molecule has 0 aliphatic heterocycles. The van der Waals surface area contributed by atoms with Crippen molar-refractivity contribution in [2.75, 3.05) is 11.9 Å². The molecule has 0 atom stereocenters. The van der Waals surface area contributed by atoms with Crippen molar-refractivity contribution in [3.8, 4) is 0 Å². The van der Waals surface area contributed by atoms with Crippen LogP contribution in [0.25, 0.3) is 0 Å². The quantitative estimate of drug-likeness (QED) is 0.605. The highest BCUT2D eigenvalue weighted by atomic mass is 16.4. The summed E-state index contributed by atoms with van der Waals surface area (Å²) in [4.78, 5) is 22.3. The summed E-state index contributed by atoms with van der Waals surface area (Å²) in [7, 11) is 0. The first-order valence-corrected chi connectivity index (χ1v) is 6.97. The van der Waals surface area contributed by atoms with Crippen molar-refractivity contribution in [3.63, 3.8) is 0 Å². The van der Waals surface area contributed by atoms with Crippen molar-refractivity contribution in [2.45, 2.75) is 39.0 Å². The summed E-state index contributed by atoms with van der Waals surface area (Å²) < 4.78 is 0. The largest absolute Gasteiger partial charge is 0.478 e. The van der Waals surface area contributed by atoms with Crippen LogP contribution in [0.15, 0.2) is 18.2 Å². The van der Waals surface area contributed by atoms with E-state index in [2.05, 4.69) is 12.2 Å². The van der Waals surface area contributed by atoms with E-state index in [1.807, 2.05) is 0 Å². The Bertz CT molecular complexity index is 472. The number of carboxylic acid groups (broad SMARTS) is 1. The molecule has 0 bridgehead atoms. The van der Waals surface area contributed by atoms with E-state index in [9.17, 15) is 9.59 Å². The molecule has 1 aromatic rings. The van der Waals surface area contributed by atoms with E-state index < -0.39 is 11.9 Å². The number of nitrogens with one attached hydrogen (secondary N) is 1. The summed E-state index contributed by atoms with van der Waals surface area (Å²) >= 11 is 0. The Morgan fingerprint density at radius 3 is 2.50 bits per heavy atom. The first-order valence-electron chi connectivity index (χ1n) is 6.97. The average molecular weight is 278 g/mol. The molecule has 5 heteroatoms. The summed E-state index contributed by atoms with van der Waals surface area (Å²) in [5, 5.41) is 12.1. The van der Waals surface area contributed by atoms with Gasteiger partial charge in [-0.1, -0.05) is 32.6 Å². The van der Waals surface area contributed by atoms with E-state index >= 15 is 0 Å². The van der Waals surface area contributed by atoms with E-state index in [1.54, 1.807) is 0 Å². The highest BCUT2D eigenvalue weighted by molar-refractivity contribution is 6.00. The van der Waals surface area contributed by atoms with Gasteiger partial charge < -0.3 is 16.2 Å². The summed E-state index contributed by atoms with van der Waals surface area (Å²) in [6, 6.07) is 4.29. The Morgan fingerprint density at radius 1 is 1.20 bits per heavy atom. The predicted molar refractivity (Wildman–Crippen MR) is 79.2 cm³/mol. The molecule has 0 radical (unpaired) electrons. The number of primary amides is 1. The lowest BCUT2D eigenvalue weighted by Gasteiger charge is -2.11. The Morgan fingerprint density at radius 2 is 1.90 bits per heavy atom. The number of hydrogen-bond donors (Lipinski definition) is 3. The number of rotatable bonds is 9. The SMILES string of the molecule is CCCCCCCNc1cc(C(=O)O)ccc1C(N)=O. The van der Waals surface area contributed by atoms with E-state index in [0.29, 0.717) is 17.8 Å². The van der Waals surface area contributed by atoms with Gasteiger partial charge >= 0.3 is 5.97 Å². The number of nitrogens with two attached hydrogens (primary N) is 1. The summed E-state index contributed by atoms with van der Waals surface area (Å²) in [5.74, 6) is -1.58. The van der Waals surface area contributed by atoms with Crippen LogP contribution in [-0.2, 0) is 0 Å². The van der Waals surface area contributed by atoms with Crippen LogP contribution in [0.3, 0.4) is 0 Å². The maximum Gasteiger partial charge on any atom is 0.335 e. The minimum absolute atomic E-state index is 0.142. The Hall–Kier alpha value is -2.04. The molecule has 0 unspecified atom stereocenters. The predicted octanol–water partition coefficient (Wildman–Crippen LogP) is 2.87. The number of carbonyl (C=O) groups excluding carboxylic acids is 1. The first kappa shape index (κ1) is 16.0. The first-order chi connectivity index (χ1) is 9.56. The second-order valence-electron chi connectivity index (χ2n) is 4.77. The number of unbranched alkanes of at least 4 members (excludes halogenated alkanes) is 4. The van der Waals surface area contributed by atoms with Crippen molar-refractivity contribution in [3.05, 3.63) is 29.3 Å². The molecular weight excluding hydrogens is 256 g/mol. The molecule has 0 aliphatic rings. The second kappa shape index (κ2) is 8.19. The fourth-order valence-electron chi connectivity index (χ4n) is 1.99. The second-order valence-corrected chi connectivity index (χ2v) is 4.77. The lowest BCUT2D eigenvalue weighted by molar-refractivity contribution is 0.0696. The van der Waals surface area contributed by atoms with Gasteiger partial charge in [-0.15, -0.1) is 0 Å². The highest BCUT2D eigenvalue weighted by Crippen LogP contribution is 2.18. The van der Waals surface area contributed by atoms with E-state index in [4.69, 9.17) is 10.8 Å².